The van der Waals surface area contributed by atoms with E-state index in [9.17, 15) is 9.59 Å². The number of thioether (sulfide) groups is 1. The Kier molecular flexibility index (Phi) is 5.43. The molecule has 0 atom stereocenters. The Morgan fingerprint density at radius 2 is 2.09 bits per heavy atom. The van der Waals surface area contributed by atoms with Crippen LogP contribution in [0.15, 0.2) is 33.9 Å². The zero-order chi connectivity index (χ0) is 16.1. The Labute approximate surface area is 133 Å². The van der Waals surface area contributed by atoms with E-state index in [2.05, 4.69) is 10.3 Å². The number of benzene rings is 1. The van der Waals surface area contributed by atoms with Gasteiger partial charge in [0.2, 0.25) is 11.8 Å². The van der Waals surface area contributed by atoms with Gasteiger partial charge in [0, 0.05) is 13.1 Å². The first kappa shape index (κ1) is 16.4. The third kappa shape index (κ3) is 4.49. The number of fused-ring (bicyclic) bond motifs is 1. The van der Waals surface area contributed by atoms with Gasteiger partial charge >= 0.3 is 0 Å². The second kappa shape index (κ2) is 7.31. The van der Waals surface area contributed by atoms with Crippen molar-refractivity contribution in [2.75, 3.05) is 19.3 Å². The molecule has 0 saturated heterocycles. The Morgan fingerprint density at radius 1 is 1.36 bits per heavy atom. The van der Waals surface area contributed by atoms with E-state index in [4.69, 9.17) is 4.42 Å². The Bertz CT molecular complexity index is 636. The van der Waals surface area contributed by atoms with Crippen molar-refractivity contribution in [2.45, 2.75) is 25.1 Å². The van der Waals surface area contributed by atoms with Crippen molar-refractivity contribution in [3.8, 4) is 0 Å². The highest BCUT2D eigenvalue weighted by Crippen LogP contribution is 2.23. The summed E-state index contributed by atoms with van der Waals surface area (Å²) in [5, 5.41) is 3.20. The highest BCUT2D eigenvalue weighted by atomic mass is 32.2. The molecule has 0 spiro atoms. The lowest BCUT2D eigenvalue weighted by molar-refractivity contribution is -0.132. The van der Waals surface area contributed by atoms with E-state index in [1.807, 2.05) is 38.1 Å². The van der Waals surface area contributed by atoms with Gasteiger partial charge in [-0.1, -0.05) is 23.9 Å². The molecular weight excluding hydrogens is 302 g/mol. The minimum absolute atomic E-state index is 0.0468. The molecule has 0 unspecified atom stereocenters. The quantitative estimate of drug-likeness (QED) is 0.823. The molecule has 0 radical (unpaired) electrons. The Morgan fingerprint density at radius 3 is 2.77 bits per heavy atom. The molecule has 0 bridgehead atoms. The lowest BCUT2D eigenvalue weighted by Gasteiger charge is -2.17. The summed E-state index contributed by atoms with van der Waals surface area (Å²) >= 11 is 1.22. The van der Waals surface area contributed by atoms with Gasteiger partial charge in [0.15, 0.2) is 5.58 Å². The summed E-state index contributed by atoms with van der Waals surface area (Å²) in [6.07, 6.45) is 0. The largest absolute Gasteiger partial charge is 0.431 e. The van der Waals surface area contributed by atoms with Crippen LogP contribution < -0.4 is 5.32 Å². The van der Waals surface area contributed by atoms with Crippen LogP contribution >= 0.6 is 11.8 Å². The first-order valence-corrected chi connectivity index (χ1v) is 7.96. The fourth-order valence-corrected chi connectivity index (χ4v) is 2.60. The van der Waals surface area contributed by atoms with E-state index in [0.717, 1.165) is 5.52 Å². The third-order valence-corrected chi connectivity index (χ3v) is 3.66. The first-order valence-electron chi connectivity index (χ1n) is 6.97. The number of aromatic nitrogens is 1. The highest BCUT2D eigenvalue weighted by molar-refractivity contribution is 7.99. The maximum absolute atomic E-state index is 12.0. The second-order valence-electron chi connectivity index (χ2n) is 5.21. The number of nitrogens with zero attached hydrogens (tertiary/aromatic N) is 2. The molecule has 0 saturated carbocycles. The van der Waals surface area contributed by atoms with Crippen LogP contribution in [0.2, 0.25) is 0 Å². The summed E-state index contributed by atoms with van der Waals surface area (Å²) in [5.74, 6) is -0.137. The van der Waals surface area contributed by atoms with Crippen LogP contribution in [-0.2, 0) is 9.59 Å². The minimum Gasteiger partial charge on any atom is -0.431 e. The number of amides is 2. The molecule has 1 aromatic carbocycles. The molecule has 0 aliphatic carbocycles. The van der Waals surface area contributed by atoms with E-state index in [0.29, 0.717) is 10.8 Å². The van der Waals surface area contributed by atoms with Gasteiger partial charge in [0.05, 0.1) is 12.3 Å². The lowest BCUT2D eigenvalue weighted by atomic mass is 10.3. The van der Waals surface area contributed by atoms with Crippen LogP contribution in [0.3, 0.4) is 0 Å². The average Bonchev–Trinajstić information content (AvgIpc) is 2.86. The number of para-hydroxylation sites is 2. The summed E-state index contributed by atoms with van der Waals surface area (Å²) in [7, 11) is 1.61. The van der Waals surface area contributed by atoms with Crippen LogP contribution in [0.25, 0.3) is 11.1 Å². The van der Waals surface area contributed by atoms with Crippen molar-refractivity contribution in [1.82, 2.24) is 15.2 Å². The van der Waals surface area contributed by atoms with E-state index >= 15 is 0 Å². The molecule has 1 N–H and O–H groups in total. The van der Waals surface area contributed by atoms with Gasteiger partial charge in [0.1, 0.15) is 5.52 Å². The molecule has 22 heavy (non-hydrogen) atoms. The molecule has 7 heteroatoms. The molecule has 0 aliphatic rings. The maximum Gasteiger partial charge on any atom is 0.257 e. The normalized spacial score (nSPS) is 10.9. The van der Waals surface area contributed by atoms with Gasteiger partial charge in [-0.2, -0.15) is 0 Å². The van der Waals surface area contributed by atoms with Crippen LogP contribution in [0.5, 0.6) is 0 Å². The lowest BCUT2D eigenvalue weighted by Crippen LogP contribution is -2.41. The highest BCUT2D eigenvalue weighted by Gasteiger charge is 2.15. The van der Waals surface area contributed by atoms with Gasteiger partial charge in [0.25, 0.3) is 5.22 Å². The maximum atomic E-state index is 12.0. The summed E-state index contributed by atoms with van der Waals surface area (Å²) < 4.78 is 5.53. The topological polar surface area (TPSA) is 75.4 Å². The Balaban J connectivity index is 1.85. The zero-order valence-corrected chi connectivity index (χ0v) is 13.6. The molecular formula is C15H19N3O3S. The van der Waals surface area contributed by atoms with E-state index in [1.54, 1.807) is 7.05 Å². The second-order valence-corrected chi connectivity index (χ2v) is 6.13. The number of rotatable bonds is 6. The first-order chi connectivity index (χ1) is 10.5. The molecule has 1 aromatic heterocycles. The molecule has 0 fully saturated rings. The fourth-order valence-electron chi connectivity index (χ4n) is 1.82. The predicted molar refractivity (Wildman–Crippen MR) is 85.6 cm³/mol. The summed E-state index contributed by atoms with van der Waals surface area (Å²) in [4.78, 5) is 29.3. The predicted octanol–water partition coefficient (Wildman–Crippen LogP) is 1.90. The zero-order valence-electron chi connectivity index (χ0n) is 12.8. The molecule has 118 valence electrons. The van der Waals surface area contributed by atoms with Crippen LogP contribution in [-0.4, -0.2) is 47.1 Å². The van der Waals surface area contributed by atoms with Gasteiger partial charge < -0.3 is 14.6 Å². The number of nitrogens with one attached hydrogen (secondary N) is 1. The summed E-state index contributed by atoms with van der Waals surface area (Å²) in [6, 6.07) is 7.49. The van der Waals surface area contributed by atoms with Gasteiger partial charge in [-0.05, 0) is 26.0 Å². The number of carbonyl (C=O) groups is 2. The number of carbonyl (C=O) groups excluding carboxylic acids is 2. The molecule has 0 aliphatic heterocycles. The van der Waals surface area contributed by atoms with Gasteiger partial charge in [-0.3, -0.25) is 9.59 Å². The van der Waals surface area contributed by atoms with Gasteiger partial charge in [-0.25, -0.2) is 4.98 Å². The molecule has 1 heterocycles. The van der Waals surface area contributed by atoms with Crippen LogP contribution in [0.1, 0.15) is 13.8 Å². The molecule has 6 nitrogen and oxygen atoms in total. The Hall–Kier alpha value is -2.02. The van der Waals surface area contributed by atoms with Crippen molar-refractivity contribution in [3.05, 3.63) is 24.3 Å². The number of hydrogen-bond donors (Lipinski definition) is 1. The molecule has 2 amide bonds. The van der Waals surface area contributed by atoms with Crippen LogP contribution in [0, 0.1) is 0 Å². The number of likely N-dealkylation sites (N-methyl/N-ethyl adjacent to an activating group) is 1. The van der Waals surface area contributed by atoms with Crippen molar-refractivity contribution < 1.29 is 14.0 Å². The smallest absolute Gasteiger partial charge is 0.257 e. The van der Waals surface area contributed by atoms with E-state index < -0.39 is 0 Å². The number of hydrogen-bond acceptors (Lipinski definition) is 5. The minimum atomic E-state index is -0.169. The standard InChI is InChI=1S/C15H19N3O3S/c1-10(2)16-13(19)8-18(3)14(20)9-22-15-17-11-6-4-5-7-12(11)21-15/h4-7,10H,8-9H2,1-3H3,(H,16,19). The van der Waals surface area contributed by atoms with Gasteiger partial charge in [-0.15, -0.1) is 0 Å². The fraction of sp³-hybridized carbons (Fsp3) is 0.400. The average molecular weight is 321 g/mol. The van der Waals surface area contributed by atoms with Crippen molar-refractivity contribution in [2.24, 2.45) is 0 Å². The van der Waals surface area contributed by atoms with Crippen LogP contribution in [0.4, 0.5) is 0 Å². The summed E-state index contributed by atoms with van der Waals surface area (Å²) in [6.45, 7) is 3.80. The van der Waals surface area contributed by atoms with E-state index in [1.165, 1.54) is 16.7 Å². The third-order valence-electron chi connectivity index (χ3n) is 2.85. The molecule has 2 rings (SSSR count). The van der Waals surface area contributed by atoms with Crippen molar-refractivity contribution in [1.29, 1.82) is 0 Å². The number of oxazole rings is 1. The van der Waals surface area contributed by atoms with Crippen molar-refractivity contribution >= 4 is 34.7 Å². The molecule has 2 aromatic rings. The summed E-state index contributed by atoms with van der Waals surface area (Å²) in [5.41, 5.74) is 1.46. The van der Waals surface area contributed by atoms with E-state index in [-0.39, 0.29) is 30.2 Å². The van der Waals surface area contributed by atoms with Crippen molar-refractivity contribution in [3.63, 3.8) is 0 Å². The monoisotopic (exact) mass is 321 g/mol. The SMILES string of the molecule is CC(C)NC(=O)CN(C)C(=O)CSc1nc2ccccc2o1.